The first kappa shape index (κ1) is 10.6. The number of nitrogens with zero attached hydrogens (tertiary/aromatic N) is 4. The zero-order valence-corrected chi connectivity index (χ0v) is 11.3. The highest BCUT2D eigenvalue weighted by Crippen LogP contribution is 2.23. The van der Waals surface area contributed by atoms with Crippen LogP contribution in [-0.2, 0) is 7.05 Å². The number of hydrogen-bond acceptors (Lipinski definition) is 3. The van der Waals surface area contributed by atoms with Crippen LogP contribution in [0.2, 0.25) is 0 Å². The van der Waals surface area contributed by atoms with E-state index in [9.17, 15) is 0 Å². The third-order valence-corrected chi connectivity index (χ3v) is 3.24. The van der Waals surface area contributed by atoms with Crippen molar-refractivity contribution in [3.05, 3.63) is 34.0 Å². The first-order chi connectivity index (χ1) is 8.15. The van der Waals surface area contributed by atoms with E-state index in [0.717, 1.165) is 20.4 Å². The molecule has 1 aromatic carbocycles. The number of nitrogen functional groups attached to an aromatic ring is 1. The summed E-state index contributed by atoms with van der Waals surface area (Å²) in [6, 6.07) is 7.96. The fourth-order valence-electron chi connectivity index (χ4n) is 1.83. The van der Waals surface area contributed by atoms with E-state index >= 15 is 0 Å². The normalized spacial score (nSPS) is 11.2. The van der Waals surface area contributed by atoms with Crippen molar-refractivity contribution in [2.24, 2.45) is 7.05 Å². The molecule has 2 N–H and O–H groups in total. The molecule has 6 heteroatoms. The highest BCUT2D eigenvalue weighted by atomic mass is 127. The lowest BCUT2D eigenvalue weighted by molar-refractivity contribution is 0.754. The van der Waals surface area contributed by atoms with Gasteiger partial charge in [-0.05, 0) is 40.8 Å². The van der Waals surface area contributed by atoms with Crippen LogP contribution in [0, 0.1) is 3.57 Å². The van der Waals surface area contributed by atoms with Crippen molar-refractivity contribution < 1.29 is 0 Å². The van der Waals surface area contributed by atoms with E-state index in [2.05, 4.69) is 32.7 Å². The first-order valence-corrected chi connectivity index (χ1v) is 6.16. The summed E-state index contributed by atoms with van der Waals surface area (Å²) in [4.78, 5) is 4.35. The zero-order chi connectivity index (χ0) is 12.0. The molecule has 2 heterocycles. The fraction of sp³-hybridized carbons (Fsp3) is 0.0909. The first-order valence-electron chi connectivity index (χ1n) is 5.08. The lowest BCUT2D eigenvalue weighted by atomic mass is 10.3. The molecular formula is C11H10IN5. The maximum Gasteiger partial charge on any atom is 0.207 e. The Kier molecular flexibility index (Phi) is 2.32. The number of hydrogen-bond donors (Lipinski definition) is 1. The van der Waals surface area contributed by atoms with Crippen LogP contribution in [-0.4, -0.2) is 19.3 Å². The van der Waals surface area contributed by atoms with E-state index in [-0.39, 0.29) is 0 Å². The van der Waals surface area contributed by atoms with Crippen LogP contribution in [0.3, 0.4) is 0 Å². The smallest absolute Gasteiger partial charge is 0.207 e. The molecule has 0 aliphatic rings. The summed E-state index contributed by atoms with van der Waals surface area (Å²) in [6.07, 6.45) is 1.88. The van der Waals surface area contributed by atoms with Crippen LogP contribution >= 0.6 is 22.6 Å². The molecule has 0 aliphatic heterocycles. The molecule has 3 aromatic rings. The second kappa shape index (κ2) is 3.73. The molecule has 0 saturated heterocycles. The van der Waals surface area contributed by atoms with Gasteiger partial charge in [0, 0.05) is 22.9 Å². The van der Waals surface area contributed by atoms with E-state index in [1.54, 1.807) is 4.68 Å². The third-order valence-electron chi connectivity index (χ3n) is 2.57. The predicted octanol–water partition coefficient (Wildman–Crippen LogP) is 1.95. The van der Waals surface area contributed by atoms with Gasteiger partial charge in [0.05, 0.1) is 11.0 Å². The standard InChI is InChI=1S/C11H10IN5/c1-16-5-4-10(15-16)17-9-3-2-7(12)6-8(9)14-11(17)13/h2-6H,1H3,(H2,13,14). The number of imidazole rings is 1. The van der Waals surface area contributed by atoms with E-state index in [1.807, 2.05) is 42.1 Å². The fourth-order valence-corrected chi connectivity index (χ4v) is 2.31. The van der Waals surface area contributed by atoms with Gasteiger partial charge in [0.25, 0.3) is 0 Å². The summed E-state index contributed by atoms with van der Waals surface area (Å²) >= 11 is 2.26. The molecule has 0 saturated carbocycles. The Morgan fingerprint density at radius 3 is 2.82 bits per heavy atom. The minimum atomic E-state index is 0.459. The SMILES string of the molecule is Cn1ccc(-n2c(N)nc3cc(I)ccc32)n1. The number of aromatic nitrogens is 4. The quantitative estimate of drug-likeness (QED) is 0.690. The molecule has 3 rings (SSSR count). The lowest BCUT2D eigenvalue weighted by Gasteiger charge is -2.01. The maximum absolute atomic E-state index is 5.94. The summed E-state index contributed by atoms with van der Waals surface area (Å²) < 4.78 is 4.74. The number of rotatable bonds is 1. The van der Waals surface area contributed by atoms with Crippen LogP contribution in [0.4, 0.5) is 5.95 Å². The van der Waals surface area contributed by atoms with Crippen LogP contribution < -0.4 is 5.73 Å². The van der Waals surface area contributed by atoms with Gasteiger partial charge < -0.3 is 5.73 Å². The molecule has 0 amide bonds. The Labute approximate surface area is 111 Å². The molecule has 0 atom stereocenters. The van der Waals surface area contributed by atoms with Gasteiger partial charge in [-0.3, -0.25) is 9.25 Å². The van der Waals surface area contributed by atoms with Gasteiger partial charge >= 0.3 is 0 Å². The average molecular weight is 339 g/mol. The van der Waals surface area contributed by atoms with Crippen molar-refractivity contribution in [2.75, 3.05) is 5.73 Å². The molecule has 86 valence electrons. The summed E-state index contributed by atoms with van der Waals surface area (Å²) in [7, 11) is 1.88. The van der Waals surface area contributed by atoms with Gasteiger partial charge in [0.2, 0.25) is 5.95 Å². The van der Waals surface area contributed by atoms with Crippen molar-refractivity contribution in [1.29, 1.82) is 0 Å². The molecule has 0 bridgehead atoms. The number of benzene rings is 1. The Bertz CT molecular complexity index is 697. The molecule has 5 nitrogen and oxygen atoms in total. The summed E-state index contributed by atoms with van der Waals surface area (Å²) in [6.45, 7) is 0. The minimum absolute atomic E-state index is 0.459. The highest BCUT2D eigenvalue weighted by molar-refractivity contribution is 14.1. The van der Waals surface area contributed by atoms with Crippen molar-refractivity contribution >= 4 is 39.6 Å². The molecule has 0 aliphatic carbocycles. The molecule has 0 spiro atoms. The average Bonchev–Trinajstić information content (AvgIpc) is 2.80. The van der Waals surface area contributed by atoms with Gasteiger partial charge in [-0.2, -0.15) is 5.10 Å². The highest BCUT2D eigenvalue weighted by Gasteiger charge is 2.11. The number of halogens is 1. The van der Waals surface area contributed by atoms with Gasteiger partial charge in [0.1, 0.15) is 0 Å². The monoisotopic (exact) mass is 339 g/mol. The Morgan fingerprint density at radius 1 is 1.29 bits per heavy atom. The second-order valence-corrected chi connectivity index (χ2v) is 5.03. The summed E-state index contributed by atoms with van der Waals surface area (Å²) in [5, 5.41) is 4.34. The number of aryl methyl sites for hydroxylation is 1. The number of nitrogens with two attached hydrogens (primary N) is 1. The summed E-state index contributed by atoms with van der Waals surface area (Å²) in [5.74, 6) is 1.24. The van der Waals surface area contributed by atoms with E-state index in [0.29, 0.717) is 5.95 Å². The predicted molar refractivity (Wildman–Crippen MR) is 75.0 cm³/mol. The van der Waals surface area contributed by atoms with Crippen molar-refractivity contribution in [1.82, 2.24) is 19.3 Å². The molecule has 0 unspecified atom stereocenters. The van der Waals surface area contributed by atoms with Crippen molar-refractivity contribution in [2.45, 2.75) is 0 Å². The maximum atomic E-state index is 5.94. The zero-order valence-electron chi connectivity index (χ0n) is 9.13. The van der Waals surface area contributed by atoms with Crippen LogP contribution in [0.1, 0.15) is 0 Å². The van der Waals surface area contributed by atoms with Crippen LogP contribution in [0.5, 0.6) is 0 Å². The Balaban J connectivity index is 2.32. The van der Waals surface area contributed by atoms with Crippen molar-refractivity contribution in [3.8, 4) is 5.82 Å². The van der Waals surface area contributed by atoms with E-state index in [4.69, 9.17) is 5.73 Å². The van der Waals surface area contributed by atoms with E-state index < -0.39 is 0 Å². The van der Waals surface area contributed by atoms with Gasteiger partial charge in [-0.25, -0.2) is 4.98 Å². The Hall–Kier alpha value is -1.57. The largest absolute Gasteiger partial charge is 0.369 e. The molecule has 0 radical (unpaired) electrons. The van der Waals surface area contributed by atoms with Gasteiger partial charge in [0.15, 0.2) is 5.82 Å². The van der Waals surface area contributed by atoms with Crippen LogP contribution in [0.25, 0.3) is 16.9 Å². The molecular weight excluding hydrogens is 329 g/mol. The Morgan fingerprint density at radius 2 is 2.12 bits per heavy atom. The third kappa shape index (κ3) is 1.68. The minimum Gasteiger partial charge on any atom is -0.369 e. The molecule has 17 heavy (non-hydrogen) atoms. The summed E-state index contributed by atoms with van der Waals surface area (Å²) in [5.41, 5.74) is 7.81. The number of fused-ring (bicyclic) bond motifs is 1. The van der Waals surface area contributed by atoms with Crippen LogP contribution in [0.15, 0.2) is 30.5 Å². The molecule has 2 aromatic heterocycles. The lowest BCUT2D eigenvalue weighted by Crippen LogP contribution is -2.02. The van der Waals surface area contributed by atoms with Gasteiger partial charge in [-0.15, -0.1) is 0 Å². The topological polar surface area (TPSA) is 61.7 Å². The molecule has 0 fully saturated rings. The van der Waals surface area contributed by atoms with Gasteiger partial charge in [-0.1, -0.05) is 0 Å². The second-order valence-electron chi connectivity index (χ2n) is 3.79. The number of anilines is 1. The van der Waals surface area contributed by atoms with E-state index in [1.165, 1.54) is 0 Å². The van der Waals surface area contributed by atoms with Crippen molar-refractivity contribution in [3.63, 3.8) is 0 Å².